The molecule has 1 heterocycles. The number of hydrogen-bond acceptors (Lipinski definition) is 4. The van der Waals surface area contributed by atoms with E-state index in [0.717, 1.165) is 11.1 Å². The molecule has 0 spiro atoms. The van der Waals surface area contributed by atoms with E-state index in [1.807, 2.05) is 25.1 Å². The molecule has 1 aromatic heterocycles. The Hall–Kier alpha value is -3.15. The summed E-state index contributed by atoms with van der Waals surface area (Å²) in [5, 5.41) is 2.95. The van der Waals surface area contributed by atoms with Crippen LogP contribution in [0, 0.1) is 12.7 Å². The Balaban J connectivity index is 2.00. The van der Waals surface area contributed by atoms with Crippen molar-refractivity contribution in [1.29, 1.82) is 0 Å². The molecule has 0 bridgehead atoms. The van der Waals surface area contributed by atoms with Gasteiger partial charge in [0.05, 0.1) is 12.8 Å². The Kier molecular flexibility index (Phi) is 4.29. The van der Waals surface area contributed by atoms with E-state index >= 15 is 0 Å². The highest BCUT2D eigenvalue weighted by Gasteiger charge is 2.07. The minimum atomic E-state index is -0.366. The molecule has 0 atom stereocenters. The number of halogens is 1. The van der Waals surface area contributed by atoms with Gasteiger partial charge >= 0.3 is 0 Å². The molecule has 0 unspecified atom stereocenters. The van der Waals surface area contributed by atoms with Crippen molar-refractivity contribution in [3.05, 3.63) is 70.3 Å². The van der Waals surface area contributed by atoms with Crippen LogP contribution in [0.15, 0.2) is 53.3 Å². The zero-order valence-corrected chi connectivity index (χ0v) is 13.3. The summed E-state index contributed by atoms with van der Waals surface area (Å²) in [6.45, 7) is 1.84. The molecule has 0 fully saturated rings. The van der Waals surface area contributed by atoms with Crippen LogP contribution in [0.5, 0.6) is 5.75 Å². The number of aryl methyl sites for hydroxylation is 1. The van der Waals surface area contributed by atoms with Crippen molar-refractivity contribution < 1.29 is 9.13 Å². The number of aromatic amines is 1. The fraction of sp³-hybridized carbons (Fsp3) is 0.111. The van der Waals surface area contributed by atoms with Crippen molar-refractivity contribution >= 4 is 11.6 Å². The summed E-state index contributed by atoms with van der Waals surface area (Å²) in [6, 6.07) is 13.0. The number of ether oxygens (including phenoxy) is 1. The van der Waals surface area contributed by atoms with Crippen molar-refractivity contribution in [2.45, 2.75) is 6.92 Å². The standard InChI is InChI=1S/C18H16FN3O2/c1-11-6-7-13(19)9-15(11)20-18-21-16(10-17(23)22-18)12-4-3-5-14(8-12)24-2/h3-10H,1-2H3,(H2,20,21,22,23). The number of anilines is 2. The quantitative estimate of drug-likeness (QED) is 0.768. The van der Waals surface area contributed by atoms with Crippen LogP contribution >= 0.6 is 0 Å². The third kappa shape index (κ3) is 3.43. The third-order valence-electron chi connectivity index (χ3n) is 3.56. The molecule has 3 aromatic rings. The van der Waals surface area contributed by atoms with Gasteiger partial charge in [0.25, 0.3) is 5.56 Å². The van der Waals surface area contributed by atoms with E-state index in [-0.39, 0.29) is 17.3 Å². The molecule has 0 saturated heterocycles. The van der Waals surface area contributed by atoms with Crippen LogP contribution in [0.2, 0.25) is 0 Å². The number of nitrogens with zero attached hydrogens (tertiary/aromatic N) is 1. The highest BCUT2D eigenvalue weighted by Crippen LogP contribution is 2.23. The smallest absolute Gasteiger partial charge is 0.252 e. The van der Waals surface area contributed by atoms with Gasteiger partial charge in [0.15, 0.2) is 0 Å². The zero-order chi connectivity index (χ0) is 17.1. The lowest BCUT2D eigenvalue weighted by Crippen LogP contribution is -2.11. The normalized spacial score (nSPS) is 10.5. The Labute approximate surface area is 138 Å². The fourth-order valence-corrected chi connectivity index (χ4v) is 2.30. The summed E-state index contributed by atoms with van der Waals surface area (Å²) in [5.74, 6) is 0.550. The van der Waals surface area contributed by atoms with Crippen molar-refractivity contribution in [2.75, 3.05) is 12.4 Å². The summed E-state index contributed by atoms with van der Waals surface area (Å²) >= 11 is 0. The van der Waals surface area contributed by atoms with E-state index in [1.54, 1.807) is 19.2 Å². The Morgan fingerprint density at radius 2 is 2.00 bits per heavy atom. The van der Waals surface area contributed by atoms with Gasteiger partial charge in [0.1, 0.15) is 11.6 Å². The fourth-order valence-electron chi connectivity index (χ4n) is 2.30. The first-order chi connectivity index (χ1) is 11.5. The molecule has 0 aliphatic carbocycles. The van der Waals surface area contributed by atoms with Crippen LogP contribution in [0.25, 0.3) is 11.3 Å². The average molecular weight is 325 g/mol. The minimum Gasteiger partial charge on any atom is -0.497 e. The molecule has 5 nitrogen and oxygen atoms in total. The van der Waals surface area contributed by atoms with Crippen LogP contribution in [0.3, 0.4) is 0 Å². The van der Waals surface area contributed by atoms with Crippen molar-refractivity contribution in [2.24, 2.45) is 0 Å². The first-order valence-electron chi connectivity index (χ1n) is 7.34. The molecular weight excluding hydrogens is 309 g/mol. The van der Waals surface area contributed by atoms with Gasteiger partial charge < -0.3 is 10.1 Å². The van der Waals surface area contributed by atoms with Crippen LogP contribution in [0.1, 0.15) is 5.56 Å². The van der Waals surface area contributed by atoms with Crippen molar-refractivity contribution in [3.63, 3.8) is 0 Å². The molecule has 0 saturated carbocycles. The Bertz CT molecular complexity index is 938. The summed E-state index contributed by atoms with van der Waals surface area (Å²) in [4.78, 5) is 19.0. The maximum atomic E-state index is 13.4. The lowest BCUT2D eigenvalue weighted by molar-refractivity contribution is 0.415. The van der Waals surface area contributed by atoms with Crippen LogP contribution < -0.4 is 15.6 Å². The largest absolute Gasteiger partial charge is 0.497 e. The summed E-state index contributed by atoms with van der Waals surface area (Å²) in [7, 11) is 1.57. The topological polar surface area (TPSA) is 67.0 Å². The van der Waals surface area contributed by atoms with E-state index < -0.39 is 0 Å². The first kappa shape index (κ1) is 15.7. The van der Waals surface area contributed by atoms with Gasteiger partial charge in [-0.25, -0.2) is 9.37 Å². The van der Waals surface area contributed by atoms with E-state index in [1.165, 1.54) is 18.2 Å². The predicted molar refractivity (Wildman–Crippen MR) is 91.3 cm³/mol. The highest BCUT2D eigenvalue weighted by molar-refractivity contribution is 5.64. The number of methoxy groups -OCH3 is 1. The molecule has 24 heavy (non-hydrogen) atoms. The molecule has 3 rings (SSSR count). The van der Waals surface area contributed by atoms with Gasteiger partial charge in [0, 0.05) is 17.3 Å². The minimum absolute atomic E-state index is 0.244. The third-order valence-corrected chi connectivity index (χ3v) is 3.56. The molecule has 0 aliphatic rings. The number of benzene rings is 2. The summed E-state index contributed by atoms with van der Waals surface area (Å²) in [6.07, 6.45) is 0. The number of H-pyrrole nitrogens is 1. The summed E-state index contributed by atoms with van der Waals surface area (Å²) in [5.41, 5.74) is 2.32. The molecule has 0 amide bonds. The predicted octanol–water partition coefficient (Wildman–Crippen LogP) is 3.64. The second-order valence-corrected chi connectivity index (χ2v) is 5.30. The van der Waals surface area contributed by atoms with Crippen molar-refractivity contribution in [3.8, 4) is 17.0 Å². The van der Waals surface area contributed by atoms with Crippen molar-refractivity contribution in [1.82, 2.24) is 9.97 Å². The Morgan fingerprint density at radius 1 is 1.17 bits per heavy atom. The number of nitrogens with one attached hydrogen (secondary N) is 2. The van der Waals surface area contributed by atoms with Gasteiger partial charge in [-0.3, -0.25) is 9.78 Å². The van der Waals surface area contributed by atoms with Gasteiger partial charge in [0.2, 0.25) is 5.95 Å². The molecule has 122 valence electrons. The maximum absolute atomic E-state index is 13.4. The van der Waals surface area contributed by atoms with Gasteiger partial charge in [-0.1, -0.05) is 18.2 Å². The second-order valence-electron chi connectivity index (χ2n) is 5.30. The SMILES string of the molecule is COc1cccc(-c2cc(=O)[nH]c(Nc3cc(F)ccc3C)n2)c1. The average Bonchev–Trinajstić information content (AvgIpc) is 2.58. The molecule has 0 radical (unpaired) electrons. The van der Waals surface area contributed by atoms with E-state index in [4.69, 9.17) is 4.74 Å². The molecule has 2 aromatic carbocycles. The highest BCUT2D eigenvalue weighted by atomic mass is 19.1. The molecular formula is C18H16FN3O2. The Morgan fingerprint density at radius 3 is 2.79 bits per heavy atom. The first-order valence-corrected chi connectivity index (χ1v) is 7.34. The lowest BCUT2D eigenvalue weighted by Gasteiger charge is -2.10. The van der Waals surface area contributed by atoms with Crippen LogP contribution in [-0.2, 0) is 0 Å². The van der Waals surface area contributed by atoms with E-state index in [2.05, 4.69) is 15.3 Å². The van der Waals surface area contributed by atoms with Gasteiger partial charge in [-0.15, -0.1) is 0 Å². The molecule has 2 N–H and O–H groups in total. The molecule has 6 heteroatoms. The van der Waals surface area contributed by atoms with Crippen LogP contribution in [-0.4, -0.2) is 17.1 Å². The maximum Gasteiger partial charge on any atom is 0.252 e. The van der Waals surface area contributed by atoms with Gasteiger partial charge in [-0.2, -0.15) is 0 Å². The van der Waals surface area contributed by atoms with E-state index in [9.17, 15) is 9.18 Å². The summed E-state index contributed by atoms with van der Waals surface area (Å²) < 4.78 is 18.6. The lowest BCUT2D eigenvalue weighted by atomic mass is 10.1. The monoisotopic (exact) mass is 325 g/mol. The van der Waals surface area contributed by atoms with E-state index in [0.29, 0.717) is 17.1 Å². The number of hydrogen-bond donors (Lipinski definition) is 2. The second kappa shape index (κ2) is 6.54. The van der Waals surface area contributed by atoms with Gasteiger partial charge in [-0.05, 0) is 36.8 Å². The molecule has 0 aliphatic heterocycles. The van der Waals surface area contributed by atoms with Crippen LogP contribution in [0.4, 0.5) is 16.0 Å². The number of rotatable bonds is 4. The number of aromatic nitrogens is 2. The zero-order valence-electron chi connectivity index (χ0n) is 13.3.